The van der Waals surface area contributed by atoms with Gasteiger partial charge in [0.1, 0.15) is 0 Å². The topological polar surface area (TPSA) is 12.0 Å². The Balaban J connectivity index is 2.56. The molecule has 1 atom stereocenters. The standard InChI is InChI=1S/C16H27NS/c1-5-7-8-14(6-2)12-18-16-10-9-13(3)11-15(16)17-4/h9-11,14,17H,5-8,12H2,1-4H3. The van der Waals surface area contributed by atoms with E-state index in [0.29, 0.717) is 0 Å². The fourth-order valence-electron chi connectivity index (χ4n) is 2.07. The number of hydrogen-bond acceptors (Lipinski definition) is 2. The summed E-state index contributed by atoms with van der Waals surface area (Å²) in [6.07, 6.45) is 5.35. The average molecular weight is 265 g/mol. The molecule has 0 radical (unpaired) electrons. The van der Waals surface area contributed by atoms with Crippen LogP contribution in [0.15, 0.2) is 23.1 Å². The van der Waals surface area contributed by atoms with Gasteiger partial charge in [0, 0.05) is 23.4 Å². The molecule has 0 heterocycles. The molecule has 0 aromatic heterocycles. The van der Waals surface area contributed by atoms with Crippen LogP contribution in [0.25, 0.3) is 0 Å². The molecule has 1 nitrogen and oxygen atoms in total. The highest BCUT2D eigenvalue weighted by atomic mass is 32.2. The second kappa shape index (κ2) is 8.47. The Hall–Kier alpha value is -0.630. The van der Waals surface area contributed by atoms with Gasteiger partial charge in [-0.25, -0.2) is 0 Å². The summed E-state index contributed by atoms with van der Waals surface area (Å²) >= 11 is 2.00. The summed E-state index contributed by atoms with van der Waals surface area (Å²) in [4.78, 5) is 1.39. The minimum Gasteiger partial charge on any atom is -0.387 e. The van der Waals surface area contributed by atoms with Crippen molar-refractivity contribution >= 4 is 17.4 Å². The Morgan fingerprint density at radius 2 is 2.06 bits per heavy atom. The lowest BCUT2D eigenvalue weighted by Crippen LogP contribution is -2.02. The Labute approximate surface area is 117 Å². The van der Waals surface area contributed by atoms with Crippen LogP contribution in [0.5, 0.6) is 0 Å². The zero-order valence-corrected chi connectivity index (χ0v) is 13.1. The van der Waals surface area contributed by atoms with Crippen molar-refractivity contribution in [2.24, 2.45) is 5.92 Å². The van der Waals surface area contributed by atoms with Crippen molar-refractivity contribution in [1.29, 1.82) is 0 Å². The predicted octanol–water partition coefficient (Wildman–Crippen LogP) is 5.35. The highest BCUT2D eigenvalue weighted by Gasteiger charge is 2.08. The van der Waals surface area contributed by atoms with E-state index in [1.54, 1.807) is 0 Å². The molecule has 0 amide bonds. The number of aryl methyl sites for hydroxylation is 1. The molecule has 1 N–H and O–H groups in total. The highest BCUT2D eigenvalue weighted by molar-refractivity contribution is 7.99. The average Bonchev–Trinajstić information content (AvgIpc) is 2.40. The van der Waals surface area contributed by atoms with Gasteiger partial charge in [0.2, 0.25) is 0 Å². The maximum absolute atomic E-state index is 3.30. The molecule has 1 aromatic rings. The first-order chi connectivity index (χ1) is 8.71. The Kier molecular flexibility index (Phi) is 7.26. The molecule has 0 fully saturated rings. The lowest BCUT2D eigenvalue weighted by atomic mass is 10.0. The molecule has 0 spiro atoms. The van der Waals surface area contributed by atoms with Crippen LogP contribution in [0.3, 0.4) is 0 Å². The van der Waals surface area contributed by atoms with Gasteiger partial charge in [-0.15, -0.1) is 11.8 Å². The van der Waals surface area contributed by atoms with Gasteiger partial charge in [-0.2, -0.15) is 0 Å². The molecule has 1 unspecified atom stereocenters. The van der Waals surface area contributed by atoms with E-state index in [0.717, 1.165) is 5.92 Å². The molecule has 0 saturated heterocycles. The first-order valence-electron chi connectivity index (χ1n) is 7.12. The molecule has 102 valence electrons. The first-order valence-corrected chi connectivity index (χ1v) is 8.11. The van der Waals surface area contributed by atoms with Crippen LogP contribution in [0, 0.1) is 12.8 Å². The molecule has 0 aliphatic rings. The summed E-state index contributed by atoms with van der Waals surface area (Å²) in [5.74, 6) is 2.11. The van der Waals surface area contributed by atoms with Crippen LogP contribution in [-0.2, 0) is 0 Å². The number of thioether (sulfide) groups is 1. The largest absolute Gasteiger partial charge is 0.387 e. The second-order valence-electron chi connectivity index (χ2n) is 4.98. The predicted molar refractivity (Wildman–Crippen MR) is 84.8 cm³/mol. The zero-order chi connectivity index (χ0) is 13.4. The van der Waals surface area contributed by atoms with Gasteiger partial charge in [-0.1, -0.05) is 39.2 Å². The van der Waals surface area contributed by atoms with Gasteiger partial charge in [0.15, 0.2) is 0 Å². The van der Waals surface area contributed by atoms with Crippen molar-refractivity contribution in [3.8, 4) is 0 Å². The van der Waals surface area contributed by atoms with E-state index >= 15 is 0 Å². The number of nitrogens with one attached hydrogen (secondary N) is 1. The third kappa shape index (κ3) is 4.93. The maximum atomic E-state index is 3.30. The molecule has 0 bridgehead atoms. The molecule has 0 aliphatic heterocycles. The fourth-order valence-corrected chi connectivity index (χ4v) is 3.37. The number of hydrogen-bond donors (Lipinski definition) is 1. The zero-order valence-electron chi connectivity index (χ0n) is 12.3. The van der Waals surface area contributed by atoms with Crippen molar-refractivity contribution in [2.45, 2.75) is 51.3 Å². The van der Waals surface area contributed by atoms with Crippen molar-refractivity contribution in [3.05, 3.63) is 23.8 Å². The van der Waals surface area contributed by atoms with E-state index in [1.165, 1.54) is 47.6 Å². The molecule has 0 aliphatic carbocycles. The maximum Gasteiger partial charge on any atom is 0.0478 e. The molecule has 2 heteroatoms. The van der Waals surface area contributed by atoms with E-state index in [9.17, 15) is 0 Å². The van der Waals surface area contributed by atoms with E-state index in [2.05, 4.69) is 44.3 Å². The number of rotatable bonds is 8. The van der Waals surface area contributed by atoms with Crippen molar-refractivity contribution in [1.82, 2.24) is 0 Å². The van der Waals surface area contributed by atoms with Crippen LogP contribution >= 0.6 is 11.8 Å². The lowest BCUT2D eigenvalue weighted by molar-refractivity contribution is 0.499. The monoisotopic (exact) mass is 265 g/mol. The summed E-state index contributed by atoms with van der Waals surface area (Å²) in [6, 6.07) is 6.68. The Morgan fingerprint density at radius 3 is 2.67 bits per heavy atom. The molecular formula is C16H27NS. The molecule has 1 aromatic carbocycles. The highest BCUT2D eigenvalue weighted by Crippen LogP contribution is 2.31. The van der Waals surface area contributed by atoms with Gasteiger partial charge in [-0.05, 0) is 37.0 Å². The minimum atomic E-state index is 0.862. The lowest BCUT2D eigenvalue weighted by Gasteiger charge is -2.15. The van der Waals surface area contributed by atoms with Crippen LogP contribution in [0.4, 0.5) is 5.69 Å². The van der Waals surface area contributed by atoms with E-state index < -0.39 is 0 Å². The van der Waals surface area contributed by atoms with Crippen LogP contribution < -0.4 is 5.32 Å². The van der Waals surface area contributed by atoms with Crippen LogP contribution in [0.2, 0.25) is 0 Å². The summed E-state index contributed by atoms with van der Waals surface area (Å²) in [7, 11) is 2.01. The summed E-state index contributed by atoms with van der Waals surface area (Å²) in [5.41, 5.74) is 2.59. The van der Waals surface area contributed by atoms with Crippen LogP contribution in [0.1, 0.15) is 45.1 Å². The Morgan fingerprint density at radius 1 is 1.28 bits per heavy atom. The SMILES string of the molecule is CCCCC(CC)CSc1ccc(C)cc1NC. The van der Waals surface area contributed by atoms with Crippen molar-refractivity contribution < 1.29 is 0 Å². The number of unbranched alkanes of at least 4 members (excludes halogenated alkanes) is 1. The van der Waals surface area contributed by atoms with Gasteiger partial charge in [0.05, 0.1) is 0 Å². The molecule has 0 saturated carbocycles. The Bertz CT molecular complexity index is 349. The fraction of sp³-hybridized carbons (Fsp3) is 0.625. The van der Waals surface area contributed by atoms with Gasteiger partial charge < -0.3 is 5.32 Å². The van der Waals surface area contributed by atoms with Crippen LogP contribution in [-0.4, -0.2) is 12.8 Å². The number of benzene rings is 1. The molecule has 18 heavy (non-hydrogen) atoms. The molecular weight excluding hydrogens is 238 g/mol. The third-order valence-electron chi connectivity index (χ3n) is 3.42. The van der Waals surface area contributed by atoms with E-state index in [1.807, 2.05) is 18.8 Å². The normalized spacial score (nSPS) is 12.4. The smallest absolute Gasteiger partial charge is 0.0478 e. The molecule has 1 rings (SSSR count). The summed E-state index contributed by atoms with van der Waals surface area (Å²) in [5, 5.41) is 3.30. The van der Waals surface area contributed by atoms with Gasteiger partial charge in [0.25, 0.3) is 0 Å². The van der Waals surface area contributed by atoms with Crippen molar-refractivity contribution in [3.63, 3.8) is 0 Å². The summed E-state index contributed by atoms with van der Waals surface area (Å²) < 4.78 is 0. The summed E-state index contributed by atoms with van der Waals surface area (Å²) in [6.45, 7) is 6.74. The number of anilines is 1. The quantitative estimate of drug-likeness (QED) is 0.636. The van der Waals surface area contributed by atoms with Crippen molar-refractivity contribution in [2.75, 3.05) is 18.1 Å². The third-order valence-corrected chi connectivity index (χ3v) is 4.73. The minimum absolute atomic E-state index is 0.862. The van der Waals surface area contributed by atoms with E-state index in [-0.39, 0.29) is 0 Å². The van der Waals surface area contributed by atoms with E-state index in [4.69, 9.17) is 0 Å². The first kappa shape index (κ1) is 15.4. The van der Waals surface area contributed by atoms with Gasteiger partial charge in [-0.3, -0.25) is 0 Å². The second-order valence-corrected chi connectivity index (χ2v) is 6.04. The van der Waals surface area contributed by atoms with Gasteiger partial charge >= 0.3 is 0 Å².